The maximum atomic E-state index is 13.5. The second kappa shape index (κ2) is 7.38. The molecule has 0 radical (unpaired) electrons. The molecule has 0 atom stereocenters. The van der Waals surface area contributed by atoms with Gasteiger partial charge >= 0.3 is 0 Å². The molecule has 0 spiro atoms. The highest BCUT2D eigenvalue weighted by Gasteiger charge is 2.19. The van der Waals surface area contributed by atoms with Crippen molar-refractivity contribution in [3.63, 3.8) is 0 Å². The molecule has 1 fully saturated rings. The summed E-state index contributed by atoms with van der Waals surface area (Å²) in [5, 5.41) is 11.6. The van der Waals surface area contributed by atoms with Gasteiger partial charge in [0.05, 0.1) is 5.69 Å². The topological polar surface area (TPSA) is 78.6 Å². The standard InChI is InChI=1S/C15H22FN3O2/c16-13-2-1-12(17)9-14(13)18-15(21)5-8-19-6-3-11(10-20)4-7-19/h1-2,9,11,20H,3-8,10,17H2,(H,18,21). The predicted molar refractivity (Wildman–Crippen MR) is 80.3 cm³/mol. The predicted octanol–water partition coefficient (Wildman–Crippen LogP) is 1.44. The molecule has 2 rings (SSSR count). The lowest BCUT2D eigenvalue weighted by Crippen LogP contribution is -2.36. The van der Waals surface area contributed by atoms with Gasteiger partial charge in [-0.25, -0.2) is 4.39 Å². The summed E-state index contributed by atoms with van der Waals surface area (Å²) in [5.41, 5.74) is 6.11. The van der Waals surface area contributed by atoms with Gasteiger partial charge in [0.25, 0.3) is 0 Å². The van der Waals surface area contributed by atoms with Crippen LogP contribution >= 0.6 is 0 Å². The van der Waals surface area contributed by atoms with Crippen molar-refractivity contribution in [3.05, 3.63) is 24.0 Å². The molecule has 0 bridgehead atoms. The van der Waals surface area contributed by atoms with E-state index in [0.29, 0.717) is 24.6 Å². The molecule has 1 heterocycles. The van der Waals surface area contributed by atoms with Crippen molar-refractivity contribution < 1.29 is 14.3 Å². The second-order valence-corrected chi connectivity index (χ2v) is 5.51. The van der Waals surface area contributed by atoms with E-state index in [4.69, 9.17) is 10.8 Å². The van der Waals surface area contributed by atoms with Crippen molar-refractivity contribution in [1.82, 2.24) is 4.90 Å². The Balaban J connectivity index is 1.76. The van der Waals surface area contributed by atoms with Crippen molar-refractivity contribution in [1.29, 1.82) is 0 Å². The highest BCUT2D eigenvalue weighted by Crippen LogP contribution is 2.18. The fraction of sp³-hybridized carbons (Fsp3) is 0.533. The molecule has 0 unspecified atom stereocenters. The summed E-state index contributed by atoms with van der Waals surface area (Å²) < 4.78 is 13.5. The summed E-state index contributed by atoms with van der Waals surface area (Å²) in [6.07, 6.45) is 2.24. The molecule has 4 N–H and O–H groups in total. The first kappa shape index (κ1) is 15.7. The van der Waals surface area contributed by atoms with Gasteiger partial charge in [-0.2, -0.15) is 0 Å². The number of carbonyl (C=O) groups is 1. The van der Waals surface area contributed by atoms with Gasteiger partial charge in [0.2, 0.25) is 5.91 Å². The monoisotopic (exact) mass is 295 g/mol. The number of nitrogen functional groups attached to an aromatic ring is 1. The lowest BCUT2D eigenvalue weighted by Gasteiger charge is -2.30. The van der Waals surface area contributed by atoms with E-state index in [1.807, 2.05) is 0 Å². The number of aliphatic hydroxyl groups excluding tert-OH is 1. The zero-order valence-electron chi connectivity index (χ0n) is 12.0. The zero-order valence-corrected chi connectivity index (χ0v) is 12.0. The Hall–Kier alpha value is -1.66. The number of nitrogens with zero attached hydrogens (tertiary/aromatic N) is 1. The van der Waals surface area contributed by atoms with Gasteiger partial charge in [-0.1, -0.05) is 0 Å². The molecular formula is C15H22FN3O2. The number of aliphatic hydroxyl groups is 1. The smallest absolute Gasteiger partial charge is 0.225 e. The van der Waals surface area contributed by atoms with Gasteiger partial charge < -0.3 is 21.1 Å². The minimum atomic E-state index is -0.485. The summed E-state index contributed by atoms with van der Waals surface area (Å²) in [5.74, 6) is -0.318. The number of piperidine rings is 1. The van der Waals surface area contributed by atoms with E-state index in [0.717, 1.165) is 25.9 Å². The van der Waals surface area contributed by atoms with E-state index in [-0.39, 0.29) is 18.2 Å². The number of halogens is 1. The number of carbonyl (C=O) groups excluding carboxylic acids is 1. The minimum absolute atomic E-state index is 0.124. The van der Waals surface area contributed by atoms with Crippen LogP contribution in [-0.2, 0) is 4.79 Å². The maximum Gasteiger partial charge on any atom is 0.225 e. The molecule has 0 aromatic heterocycles. The lowest BCUT2D eigenvalue weighted by atomic mass is 9.98. The summed E-state index contributed by atoms with van der Waals surface area (Å²) in [6, 6.07) is 4.11. The Morgan fingerprint density at radius 1 is 1.43 bits per heavy atom. The number of nitrogens with one attached hydrogen (secondary N) is 1. The molecule has 0 saturated carbocycles. The van der Waals surface area contributed by atoms with Crippen LogP contribution in [0.5, 0.6) is 0 Å². The van der Waals surface area contributed by atoms with Crippen LogP contribution in [0.25, 0.3) is 0 Å². The van der Waals surface area contributed by atoms with E-state index in [1.54, 1.807) is 0 Å². The number of amides is 1. The lowest BCUT2D eigenvalue weighted by molar-refractivity contribution is -0.116. The highest BCUT2D eigenvalue weighted by atomic mass is 19.1. The average molecular weight is 295 g/mol. The van der Waals surface area contributed by atoms with Crippen LogP contribution in [0.15, 0.2) is 18.2 Å². The van der Waals surface area contributed by atoms with Crippen molar-refractivity contribution in [2.45, 2.75) is 19.3 Å². The van der Waals surface area contributed by atoms with Crippen molar-refractivity contribution >= 4 is 17.3 Å². The van der Waals surface area contributed by atoms with E-state index >= 15 is 0 Å². The van der Waals surface area contributed by atoms with Crippen LogP contribution in [0.2, 0.25) is 0 Å². The summed E-state index contributed by atoms with van der Waals surface area (Å²) in [7, 11) is 0. The first-order valence-electron chi connectivity index (χ1n) is 7.26. The second-order valence-electron chi connectivity index (χ2n) is 5.51. The van der Waals surface area contributed by atoms with E-state index in [1.165, 1.54) is 18.2 Å². The number of anilines is 2. The first-order chi connectivity index (χ1) is 10.1. The fourth-order valence-electron chi connectivity index (χ4n) is 2.50. The third-order valence-corrected chi connectivity index (χ3v) is 3.88. The van der Waals surface area contributed by atoms with Gasteiger partial charge in [0, 0.05) is 25.3 Å². The van der Waals surface area contributed by atoms with Gasteiger partial charge in [0.1, 0.15) is 5.82 Å². The SMILES string of the molecule is Nc1ccc(F)c(NC(=O)CCN2CCC(CO)CC2)c1. The highest BCUT2D eigenvalue weighted by molar-refractivity contribution is 5.91. The van der Waals surface area contributed by atoms with Gasteiger partial charge in [-0.05, 0) is 50.0 Å². The zero-order chi connectivity index (χ0) is 15.2. The number of benzene rings is 1. The van der Waals surface area contributed by atoms with Gasteiger partial charge in [-0.3, -0.25) is 4.79 Å². The Kier molecular flexibility index (Phi) is 5.52. The molecule has 5 nitrogen and oxygen atoms in total. The van der Waals surface area contributed by atoms with Crippen LogP contribution in [0.3, 0.4) is 0 Å². The number of rotatable bonds is 5. The normalized spacial score (nSPS) is 16.9. The summed E-state index contributed by atoms with van der Waals surface area (Å²) in [4.78, 5) is 14.0. The maximum absolute atomic E-state index is 13.5. The number of nitrogens with two attached hydrogens (primary N) is 1. The Bertz CT molecular complexity index is 488. The first-order valence-corrected chi connectivity index (χ1v) is 7.26. The van der Waals surface area contributed by atoms with Crippen LogP contribution in [0.4, 0.5) is 15.8 Å². The molecule has 1 aliphatic rings. The molecule has 0 aliphatic carbocycles. The largest absolute Gasteiger partial charge is 0.399 e. The summed E-state index contributed by atoms with van der Waals surface area (Å²) >= 11 is 0. The molecule has 1 amide bonds. The molecule has 21 heavy (non-hydrogen) atoms. The van der Waals surface area contributed by atoms with E-state index < -0.39 is 5.82 Å². The van der Waals surface area contributed by atoms with Crippen molar-refractivity contribution in [2.75, 3.05) is 37.3 Å². The third kappa shape index (κ3) is 4.68. The van der Waals surface area contributed by atoms with Crippen LogP contribution in [-0.4, -0.2) is 42.2 Å². The van der Waals surface area contributed by atoms with Crippen molar-refractivity contribution in [2.24, 2.45) is 5.92 Å². The third-order valence-electron chi connectivity index (χ3n) is 3.88. The van der Waals surface area contributed by atoms with Crippen LogP contribution in [0.1, 0.15) is 19.3 Å². The number of hydrogen-bond acceptors (Lipinski definition) is 4. The van der Waals surface area contributed by atoms with Crippen LogP contribution in [0, 0.1) is 11.7 Å². The minimum Gasteiger partial charge on any atom is -0.399 e. The molecular weight excluding hydrogens is 273 g/mol. The van der Waals surface area contributed by atoms with E-state index in [2.05, 4.69) is 10.2 Å². The Morgan fingerprint density at radius 3 is 2.81 bits per heavy atom. The van der Waals surface area contributed by atoms with Gasteiger partial charge in [-0.15, -0.1) is 0 Å². The number of hydrogen-bond donors (Lipinski definition) is 3. The quantitative estimate of drug-likeness (QED) is 0.718. The Morgan fingerprint density at radius 2 is 2.14 bits per heavy atom. The molecule has 1 saturated heterocycles. The number of likely N-dealkylation sites (tertiary alicyclic amines) is 1. The molecule has 1 aromatic carbocycles. The molecule has 1 aromatic rings. The average Bonchev–Trinajstić information content (AvgIpc) is 2.49. The molecule has 116 valence electrons. The Labute approximate surface area is 123 Å². The summed E-state index contributed by atoms with van der Waals surface area (Å²) in [6.45, 7) is 2.67. The van der Waals surface area contributed by atoms with E-state index in [9.17, 15) is 9.18 Å². The fourth-order valence-corrected chi connectivity index (χ4v) is 2.50. The van der Waals surface area contributed by atoms with Crippen molar-refractivity contribution in [3.8, 4) is 0 Å². The van der Waals surface area contributed by atoms with Gasteiger partial charge in [0.15, 0.2) is 0 Å². The molecule has 6 heteroatoms. The molecule has 1 aliphatic heterocycles. The van der Waals surface area contributed by atoms with Crippen LogP contribution < -0.4 is 11.1 Å².